The maximum atomic E-state index is 13.0. The maximum absolute atomic E-state index is 13.0. The number of amides is 1. The van der Waals surface area contributed by atoms with E-state index in [9.17, 15) is 4.79 Å². The van der Waals surface area contributed by atoms with Crippen LogP contribution in [-0.2, 0) is 13.0 Å². The molecule has 0 radical (unpaired) electrons. The summed E-state index contributed by atoms with van der Waals surface area (Å²) < 4.78 is 8.84. The molecule has 2 unspecified atom stereocenters. The van der Waals surface area contributed by atoms with E-state index in [1.54, 1.807) is 6.20 Å². The Morgan fingerprint density at radius 3 is 3.07 bits per heavy atom. The molecule has 0 saturated carbocycles. The zero-order valence-electron chi connectivity index (χ0n) is 16.0. The Kier molecular flexibility index (Phi) is 6.99. The van der Waals surface area contributed by atoms with Gasteiger partial charge < -0.3 is 15.8 Å². The van der Waals surface area contributed by atoms with E-state index < -0.39 is 0 Å². The highest BCUT2D eigenvalue weighted by Gasteiger charge is 2.25. The average Bonchev–Trinajstić information content (AvgIpc) is 3.24. The molecule has 0 aliphatic carbocycles. The van der Waals surface area contributed by atoms with Gasteiger partial charge in [0.2, 0.25) is 0 Å². The van der Waals surface area contributed by atoms with Crippen molar-refractivity contribution in [2.75, 3.05) is 13.2 Å². The van der Waals surface area contributed by atoms with E-state index in [1.807, 2.05) is 10.7 Å². The van der Waals surface area contributed by atoms with Gasteiger partial charge in [-0.15, -0.1) is 9.24 Å². The monoisotopic (exact) mass is 574 g/mol. The number of ether oxygens (including phenoxy) is 1. The van der Waals surface area contributed by atoms with E-state index in [0.717, 1.165) is 23.0 Å². The number of hydrogen-bond acceptors (Lipinski definition) is 5. The third-order valence-corrected chi connectivity index (χ3v) is 8.25. The Bertz CT molecular complexity index is 1090. The van der Waals surface area contributed by atoms with Crippen molar-refractivity contribution in [1.29, 1.82) is 0 Å². The molecular formula is C20H21ClIN4O2PS. The Balaban J connectivity index is 1.54. The quantitative estimate of drug-likeness (QED) is 0.349. The summed E-state index contributed by atoms with van der Waals surface area (Å²) in [5, 5.41) is 9.86. The lowest BCUT2D eigenvalue weighted by molar-refractivity contribution is 0.0939. The van der Waals surface area contributed by atoms with Crippen molar-refractivity contribution in [3.63, 3.8) is 0 Å². The molecule has 1 aliphatic rings. The van der Waals surface area contributed by atoms with Gasteiger partial charge in [0.25, 0.3) is 5.91 Å². The van der Waals surface area contributed by atoms with Gasteiger partial charge >= 0.3 is 0 Å². The summed E-state index contributed by atoms with van der Waals surface area (Å²) in [6, 6.07) is 8.09. The van der Waals surface area contributed by atoms with Crippen LogP contribution >= 0.6 is 54.8 Å². The molecule has 158 valence electrons. The second-order valence-corrected chi connectivity index (χ2v) is 10.2. The molecule has 0 fully saturated rings. The summed E-state index contributed by atoms with van der Waals surface area (Å²) in [6.45, 7) is 1.61. The van der Waals surface area contributed by atoms with Crippen LogP contribution in [0.4, 0.5) is 0 Å². The van der Waals surface area contributed by atoms with E-state index in [-0.39, 0.29) is 11.9 Å². The molecule has 10 heteroatoms. The van der Waals surface area contributed by atoms with Gasteiger partial charge in [-0.1, -0.05) is 35.1 Å². The summed E-state index contributed by atoms with van der Waals surface area (Å²) >= 11 is 9.99. The predicted octanol–water partition coefficient (Wildman–Crippen LogP) is 3.45. The fourth-order valence-electron chi connectivity index (χ4n) is 3.45. The number of benzene rings is 1. The van der Waals surface area contributed by atoms with Crippen molar-refractivity contribution >= 4 is 66.0 Å². The van der Waals surface area contributed by atoms with Crippen LogP contribution in [0.25, 0.3) is 11.3 Å². The first kappa shape index (κ1) is 22.0. The normalized spacial score (nSPS) is 13.7. The van der Waals surface area contributed by atoms with Gasteiger partial charge in [0, 0.05) is 9.61 Å². The topological polar surface area (TPSA) is 82.2 Å². The van der Waals surface area contributed by atoms with Gasteiger partial charge in [-0.25, -0.2) is 0 Å². The highest BCUT2D eigenvalue weighted by molar-refractivity contribution is 14.1. The molecule has 30 heavy (non-hydrogen) atoms. The molecule has 1 aliphatic heterocycles. The first-order valence-electron chi connectivity index (χ1n) is 9.49. The van der Waals surface area contributed by atoms with E-state index in [0.29, 0.717) is 41.1 Å². The van der Waals surface area contributed by atoms with Crippen LogP contribution in [0, 0.1) is 3.57 Å². The standard InChI is InChI=1S/C20H21ClIN4O2PS/c21-14-10-24-26-5-6-28-20-13(18(14)26)9-17(30-20)19(27)25-12(3-4-23)7-11-1-2-16(29)15(22)8-11/h1-2,8-10,12H,3-7,23,29H2,(H,25,27). The van der Waals surface area contributed by atoms with E-state index in [4.69, 9.17) is 22.1 Å². The van der Waals surface area contributed by atoms with E-state index in [1.165, 1.54) is 20.5 Å². The Hall–Kier alpha value is -1.19. The van der Waals surface area contributed by atoms with Gasteiger partial charge in [0.1, 0.15) is 6.61 Å². The van der Waals surface area contributed by atoms with Crippen LogP contribution in [-0.4, -0.2) is 34.9 Å². The number of thiophene rings is 1. The first-order chi connectivity index (χ1) is 14.5. The summed E-state index contributed by atoms with van der Waals surface area (Å²) in [5.41, 5.74) is 8.59. The lowest BCUT2D eigenvalue weighted by Crippen LogP contribution is -2.37. The number of hydrogen-bond donors (Lipinski definition) is 2. The fourth-order valence-corrected chi connectivity index (χ4v) is 5.39. The van der Waals surface area contributed by atoms with Crippen LogP contribution in [0.2, 0.25) is 5.02 Å². The van der Waals surface area contributed by atoms with Gasteiger partial charge in [0.15, 0.2) is 5.06 Å². The van der Waals surface area contributed by atoms with Crippen molar-refractivity contribution in [3.05, 3.63) is 49.5 Å². The maximum Gasteiger partial charge on any atom is 0.261 e. The molecular weight excluding hydrogens is 554 g/mol. The number of nitrogens with one attached hydrogen (secondary N) is 1. The van der Waals surface area contributed by atoms with Gasteiger partial charge in [-0.05, 0) is 65.0 Å². The molecule has 3 aromatic rings. The van der Waals surface area contributed by atoms with Crippen molar-refractivity contribution < 1.29 is 9.53 Å². The predicted molar refractivity (Wildman–Crippen MR) is 133 cm³/mol. The lowest BCUT2D eigenvalue weighted by atomic mass is 10.0. The molecule has 1 aromatic carbocycles. The highest BCUT2D eigenvalue weighted by Crippen LogP contribution is 2.42. The third kappa shape index (κ3) is 4.67. The van der Waals surface area contributed by atoms with Gasteiger partial charge in [0.05, 0.1) is 33.9 Å². The molecule has 2 aromatic heterocycles. The molecule has 6 nitrogen and oxygen atoms in total. The van der Waals surface area contributed by atoms with Crippen LogP contribution < -0.4 is 21.1 Å². The Morgan fingerprint density at radius 2 is 2.30 bits per heavy atom. The van der Waals surface area contributed by atoms with Crippen molar-refractivity contribution in [2.45, 2.75) is 25.4 Å². The smallest absolute Gasteiger partial charge is 0.261 e. The van der Waals surface area contributed by atoms with Crippen LogP contribution in [0.5, 0.6) is 5.06 Å². The van der Waals surface area contributed by atoms with Gasteiger partial charge in [-0.3, -0.25) is 9.48 Å². The molecule has 0 bridgehead atoms. The number of fused-ring (bicyclic) bond motifs is 3. The number of rotatable bonds is 6. The number of halogens is 2. The highest BCUT2D eigenvalue weighted by atomic mass is 127. The van der Waals surface area contributed by atoms with E-state index in [2.05, 4.69) is 60.4 Å². The van der Waals surface area contributed by atoms with Crippen molar-refractivity contribution in [1.82, 2.24) is 15.1 Å². The minimum atomic E-state index is -0.130. The molecule has 0 saturated heterocycles. The summed E-state index contributed by atoms with van der Waals surface area (Å²) in [5.74, 6) is -0.130. The van der Waals surface area contributed by atoms with Crippen molar-refractivity contribution in [2.24, 2.45) is 5.73 Å². The van der Waals surface area contributed by atoms with Gasteiger partial charge in [-0.2, -0.15) is 5.10 Å². The second-order valence-electron chi connectivity index (χ2n) is 7.03. The molecule has 4 rings (SSSR count). The SMILES string of the molecule is NCCC(Cc1ccc(P)c(I)c1)NC(=O)c1cc2c(s1)OCCn1ncc(Cl)c1-2. The number of carbonyl (C=O) groups is 1. The van der Waals surface area contributed by atoms with Crippen LogP contribution in [0.15, 0.2) is 30.5 Å². The number of nitrogens with zero attached hydrogens (tertiary/aromatic N) is 2. The molecule has 0 spiro atoms. The zero-order chi connectivity index (χ0) is 21.3. The summed E-state index contributed by atoms with van der Waals surface area (Å²) in [6.07, 6.45) is 3.05. The molecule has 3 heterocycles. The minimum Gasteiger partial charge on any atom is -0.481 e. The molecule has 2 atom stereocenters. The Morgan fingerprint density at radius 1 is 1.47 bits per heavy atom. The lowest BCUT2D eigenvalue weighted by Gasteiger charge is -2.18. The second kappa shape index (κ2) is 9.53. The molecule has 3 N–H and O–H groups in total. The fraction of sp³-hybridized carbons (Fsp3) is 0.300. The summed E-state index contributed by atoms with van der Waals surface area (Å²) in [4.78, 5) is 13.6. The first-order valence-corrected chi connectivity index (χ1v) is 12.3. The number of aromatic nitrogens is 2. The van der Waals surface area contributed by atoms with Crippen molar-refractivity contribution in [3.8, 4) is 16.3 Å². The average molecular weight is 575 g/mol. The Labute approximate surface area is 199 Å². The van der Waals surface area contributed by atoms with E-state index >= 15 is 0 Å². The van der Waals surface area contributed by atoms with Crippen LogP contribution in [0.3, 0.4) is 0 Å². The zero-order valence-corrected chi connectivity index (χ0v) is 20.9. The number of carbonyl (C=O) groups excluding carboxylic acids is 1. The largest absolute Gasteiger partial charge is 0.481 e. The minimum absolute atomic E-state index is 0.0504. The van der Waals surface area contributed by atoms with Crippen LogP contribution in [0.1, 0.15) is 21.7 Å². The third-order valence-electron chi connectivity index (χ3n) is 4.91. The number of nitrogens with two attached hydrogens (primary N) is 1. The summed E-state index contributed by atoms with van der Waals surface area (Å²) in [7, 11) is 2.73. The molecule has 1 amide bonds.